The van der Waals surface area contributed by atoms with Crippen molar-refractivity contribution in [3.8, 4) is 0 Å². The van der Waals surface area contributed by atoms with Crippen molar-refractivity contribution >= 4 is 5.91 Å². The minimum Gasteiger partial charge on any atom is -0.352 e. The highest BCUT2D eigenvalue weighted by molar-refractivity contribution is 5.81. The molecule has 1 amide bonds. The monoisotopic (exact) mass is 241 g/mol. The smallest absolute Gasteiger partial charge is 0.237 e. The van der Waals surface area contributed by atoms with E-state index in [1.807, 2.05) is 0 Å². The Morgan fingerprint density at radius 1 is 1.41 bits per heavy atom. The molecule has 4 nitrogen and oxygen atoms in total. The predicted octanol–water partition coefficient (Wildman–Crippen LogP) is 0.960. The molecule has 0 saturated carbocycles. The van der Waals surface area contributed by atoms with E-state index in [2.05, 4.69) is 31.0 Å². The number of nitrogens with zero attached hydrogens (tertiary/aromatic N) is 1. The van der Waals surface area contributed by atoms with Gasteiger partial charge in [0.2, 0.25) is 5.91 Å². The highest BCUT2D eigenvalue weighted by Crippen LogP contribution is 2.10. The maximum Gasteiger partial charge on any atom is 0.237 e. The molecule has 0 aromatic heterocycles. The normalized spacial score (nSPS) is 20.5. The molecule has 0 bridgehead atoms. The van der Waals surface area contributed by atoms with Crippen molar-refractivity contribution < 1.29 is 4.79 Å². The van der Waals surface area contributed by atoms with Crippen LogP contribution in [0.5, 0.6) is 0 Å². The molecule has 1 saturated heterocycles. The summed E-state index contributed by atoms with van der Waals surface area (Å²) in [5.41, 5.74) is 5.87. The van der Waals surface area contributed by atoms with Gasteiger partial charge < -0.3 is 16.0 Å². The van der Waals surface area contributed by atoms with Gasteiger partial charge in [0.25, 0.3) is 0 Å². The van der Waals surface area contributed by atoms with Crippen molar-refractivity contribution in [3.63, 3.8) is 0 Å². The van der Waals surface area contributed by atoms with Crippen LogP contribution in [0.1, 0.15) is 40.0 Å². The van der Waals surface area contributed by atoms with Crippen molar-refractivity contribution in [2.45, 2.75) is 52.1 Å². The van der Waals surface area contributed by atoms with Gasteiger partial charge in [-0.2, -0.15) is 0 Å². The first-order valence-electron chi connectivity index (χ1n) is 6.81. The lowest BCUT2D eigenvalue weighted by Crippen LogP contribution is -2.49. The Bertz CT molecular complexity index is 235. The zero-order valence-corrected chi connectivity index (χ0v) is 11.4. The molecule has 0 aromatic carbocycles. The van der Waals surface area contributed by atoms with Gasteiger partial charge in [-0.1, -0.05) is 20.8 Å². The molecule has 1 atom stereocenters. The predicted molar refractivity (Wildman–Crippen MR) is 70.7 cm³/mol. The standard InChI is InChI=1S/C13H27N3O/c1-4-16-7-5-11(6-8-16)15-13(17)12(14)9-10(2)3/h10-12H,4-9,14H2,1-3H3,(H,15,17)/t12-/m0/s1. The SMILES string of the molecule is CCN1CCC(NC(=O)[C@@H](N)CC(C)C)CC1. The molecule has 1 aliphatic heterocycles. The first kappa shape index (κ1) is 14.5. The van der Waals surface area contributed by atoms with Gasteiger partial charge in [0.15, 0.2) is 0 Å². The number of likely N-dealkylation sites (tertiary alicyclic amines) is 1. The summed E-state index contributed by atoms with van der Waals surface area (Å²) < 4.78 is 0. The second-order valence-corrected chi connectivity index (χ2v) is 5.45. The van der Waals surface area contributed by atoms with Crippen LogP contribution in [-0.4, -0.2) is 42.5 Å². The van der Waals surface area contributed by atoms with Gasteiger partial charge in [-0.15, -0.1) is 0 Å². The summed E-state index contributed by atoms with van der Waals surface area (Å²) in [6.45, 7) is 9.63. The van der Waals surface area contributed by atoms with Gasteiger partial charge in [-0.3, -0.25) is 4.79 Å². The van der Waals surface area contributed by atoms with Crippen LogP contribution in [-0.2, 0) is 4.79 Å². The van der Waals surface area contributed by atoms with E-state index in [4.69, 9.17) is 5.73 Å². The zero-order chi connectivity index (χ0) is 12.8. The first-order chi connectivity index (χ1) is 8.02. The highest BCUT2D eigenvalue weighted by Gasteiger charge is 2.22. The van der Waals surface area contributed by atoms with Crippen LogP contribution in [0.2, 0.25) is 0 Å². The Kier molecular flexibility index (Phi) is 5.92. The van der Waals surface area contributed by atoms with E-state index in [1.165, 1.54) is 0 Å². The number of hydrogen-bond donors (Lipinski definition) is 2. The summed E-state index contributed by atoms with van der Waals surface area (Å²) in [4.78, 5) is 14.3. The average molecular weight is 241 g/mol. The fraction of sp³-hybridized carbons (Fsp3) is 0.923. The summed E-state index contributed by atoms with van der Waals surface area (Å²) in [5, 5.41) is 3.08. The van der Waals surface area contributed by atoms with E-state index in [0.717, 1.165) is 38.9 Å². The third-order valence-electron chi connectivity index (χ3n) is 3.44. The Labute approximate surface area is 105 Å². The molecule has 1 rings (SSSR count). The Morgan fingerprint density at radius 3 is 2.47 bits per heavy atom. The largest absolute Gasteiger partial charge is 0.352 e. The lowest BCUT2D eigenvalue weighted by Gasteiger charge is -2.32. The molecule has 0 aromatic rings. The van der Waals surface area contributed by atoms with Crippen molar-refractivity contribution in [1.82, 2.24) is 10.2 Å². The van der Waals surface area contributed by atoms with Gasteiger partial charge >= 0.3 is 0 Å². The molecule has 0 spiro atoms. The lowest BCUT2D eigenvalue weighted by molar-refractivity contribution is -0.123. The van der Waals surface area contributed by atoms with Crippen LogP contribution in [0.25, 0.3) is 0 Å². The van der Waals surface area contributed by atoms with Gasteiger partial charge in [0.1, 0.15) is 0 Å². The number of amides is 1. The van der Waals surface area contributed by atoms with E-state index < -0.39 is 0 Å². The lowest BCUT2D eigenvalue weighted by atomic mass is 10.0. The average Bonchev–Trinajstić information content (AvgIpc) is 2.29. The molecular weight excluding hydrogens is 214 g/mol. The number of rotatable bonds is 5. The molecule has 17 heavy (non-hydrogen) atoms. The molecule has 0 unspecified atom stereocenters. The van der Waals surface area contributed by atoms with E-state index in [-0.39, 0.29) is 11.9 Å². The van der Waals surface area contributed by atoms with E-state index in [1.54, 1.807) is 0 Å². The van der Waals surface area contributed by atoms with Crippen molar-refractivity contribution in [3.05, 3.63) is 0 Å². The highest BCUT2D eigenvalue weighted by atomic mass is 16.2. The van der Waals surface area contributed by atoms with Gasteiger partial charge in [-0.05, 0) is 31.7 Å². The molecule has 0 radical (unpaired) electrons. The van der Waals surface area contributed by atoms with E-state index in [0.29, 0.717) is 12.0 Å². The summed E-state index contributed by atoms with van der Waals surface area (Å²) >= 11 is 0. The number of hydrogen-bond acceptors (Lipinski definition) is 3. The fourth-order valence-corrected chi connectivity index (χ4v) is 2.32. The molecule has 0 aliphatic carbocycles. The number of nitrogens with one attached hydrogen (secondary N) is 1. The molecule has 1 aliphatic rings. The Hall–Kier alpha value is -0.610. The van der Waals surface area contributed by atoms with Gasteiger partial charge in [-0.25, -0.2) is 0 Å². The molecule has 1 heterocycles. The molecular formula is C13H27N3O. The second kappa shape index (κ2) is 6.97. The maximum atomic E-state index is 11.8. The Balaban J connectivity index is 2.27. The molecule has 100 valence electrons. The number of carbonyl (C=O) groups is 1. The summed E-state index contributed by atoms with van der Waals surface area (Å²) in [6.07, 6.45) is 2.86. The fourth-order valence-electron chi connectivity index (χ4n) is 2.32. The van der Waals surface area contributed by atoms with Crippen LogP contribution in [0, 0.1) is 5.92 Å². The topological polar surface area (TPSA) is 58.4 Å². The van der Waals surface area contributed by atoms with Gasteiger partial charge in [0, 0.05) is 19.1 Å². The molecule has 1 fully saturated rings. The minimum atomic E-state index is -0.348. The maximum absolute atomic E-state index is 11.8. The van der Waals surface area contributed by atoms with Crippen LogP contribution in [0.3, 0.4) is 0 Å². The van der Waals surface area contributed by atoms with Crippen molar-refractivity contribution in [2.75, 3.05) is 19.6 Å². The van der Waals surface area contributed by atoms with Crippen LogP contribution >= 0.6 is 0 Å². The minimum absolute atomic E-state index is 0.0219. The number of piperidine rings is 1. The van der Waals surface area contributed by atoms with Crippen LogP contribution in [0.15, 0.2) is 0 Å². The first-order valence-corrected chi connectivity index (χ1v) is 6.81. The van der Waals surface area contributed by atoms with Crippen molar-refractivity contribution in [2.24, 2.45) is 11.7 Å². The quantitative estimate of drug-likeness (QED) is 0.754. The zero-order valence-electron chi connectivity index (χ0n) is 11.4. The van der Waals surface area contributed by atoms with E-state index >= 15 is 0 Å². The van der Waals surface area contributed by atoms with Gasteiger partial charge in [0.05, 0.1) is 6.04 Å². The summed E-state index contributed by atoms with van der Waals surface area (Å²) in [6, 6.07) is -0.0253. The van der Waals surface area contributed by atoms with Crippen LogP contribution < -0.4 is 11.1 Å². The van der Waals surface area contributed by atoms with Crippen LogP contribution in [0.4, 0.5) is 0 Å². The molecule has 3 N–H and O–H groups in total. The number of carbonyl (C=O) groups excluding carboxylic acids is 1. The Morgan fingerprint density at radius 2 is 2.00 bits per heavy atom. The summed E-state index contributed by atoms with van der Waals surface area (Å²) in [7, 11) is 0. The summed E-state index contributed by atoms with van der Waals surface area (Å²) in [5.74, 6) is 0.492. The molecule has 4 heteroatoms. The van der Waals surface area contributed by atoms with E-state index in [9.17, 15) is 4.79 Å². The third-order valence-corrected chi connectivity index (χ3v) is 3.44. The van der Waals surface area contributed by atoms with Crippen molar-refractivity contribution in [1.29, 1.82) is 0 Å². The second-order valence-electron chi connectivity index (χ2n) is 5.45. The number of nitrogens with two attached hydrogens (primary N) is 1. The third kappa shape index (κ3) is 5.04.